The van der Waals surface area contributed by atoms with Crippen LogP contribution in [0.15, 0.2) is 42.0 Å². The Morgan fingerprint density at radius 1 is 1.14 bits per heavy atom. The molecule has 0 aromatic heterocycles. The molecule has 4 aliphatic carbocycles. The van der Waals surface area contributed by atoms with Gasteiger partial charge < -0.3 is 26.2 Å². The summed E-state index contributed by atoms with van der Waals surface area (Å²) in [6.07, 6.45) is 7.90. The lowest BCUT2D eigenvalue weighted by atomic mass is 9.47. The molecule has 2 amide bonds. The second kappa shape index (κ2) is 11.0. The van der Waals surface area contributed by atoms with E-state index in [1.807, 2.05) is 6.08 Å². The number of hydrogen-bond donors (Lipinski definition) is 4. The number of ketones is 1. The Morgan fingerprint density at radius 2 is 1.88 bits per heavy atom. The molecule has 0 aliphatic heterocycles. The lowest BCUT2D eigenvalue weighted by Crippen LogP contribution is -2.56. The number of carbonyl (C=O) groups is 4. The first-order chi connectivity index (χ1) is 19.7. The number of aliphatic hydroxyl groups is 1. The molecule has 0 bridgehead atoms. The number of allylic oxidation sites excluding steroid dienone is 4. The monoisotopic (exact) mass is 581 g/mol. The van der Waals surface area contributed by atoms with Crippen LogP contribution in [-0.4, -0.2) is 53.0 Å². The number of benzene rings is 1. The molecule has 0 spiro atoms. The highest BCUT2D eigenvalue weighted by Gasteiger charge is 2.62. The van der Waals surface area contributed by atoms with Gasteiger partial charge in [0.15, 0.2) is 5.78 Å². The van der Waals surface area contributed by atoms with E-state index in [2.05, 4.69) is 24.5 Å². The molecule has 0 heterocycles. The van der Waals surface area contributed by atoms with Gasteiger partial charge in [-0.15, -0.1) is 0 Å². The van der Waals surface area contributed by atoms with Crippen molar-refractivity contribution in [2.45, 2.75) is 84.1 Å². The van der Waals surface area contributed by atoms with Gasteiger partial charge in [-0.3, -0.25) is 14.4 Å². The number of nitrogens with two attached hydrogens (primary N) is 1. The zero-order valence-electron chi connectivity index (χ0n) is 24.5. The maximum Gasteiger partial charge on any atom is 0.338 e. The predicted molar refractivity (Wildman–Crippen MR) is 153 cm³/mol. The maximum atomic E-state index is 14.6. The van der Waals surface area contributed by atoms with Gasteiger partial charge in [-0.05, 0) is 88.1 Å². The average molecular weight is 582 g/mol. The number of rotatable bonds is 6. The van der Waals surface area contributed by atoms with Crippen molar-refractivity contribution < 1.29 is 33.4 Å². The summed E-state index contributed by atoms with van der Waals surface area (Å²) in [4.78, 5) is 49.7. The molecular weight excluding hydrogens is 541 g/mol. The minimum atomic E-state index is -0.978. The number of ether oxygens (including phenoxy) is 1. The molecule has 9 nitrogen and oxygen atoms in total. The van der Waals surface area contributed by atoms with E-state index in [4.69, 9.17) is 10.5 Å². The number of hydrogen-bond acceptors (Lipinski definition) is 7. The predicted octanol–water partition coefficient (Wildman–Crippen LogP) is 3.42. The number of amides is 2. The highest BCUT2D eigenvalue weighted by Crippen LogP contribution is 2.65. The quantitative estimate of drug-likeness (QED) is 0.376. The van der Waals surface area contributed by atoms with E-state index in [1.165, 1.54) is 26.0 Å². The van der Waals surface area contributed by atoms with Crippen molar-refractivity contribution in [2.75, 3.05) is 5.32 Å². The van der Waals surface area contributed by atoms with Crippen molar-refractivity contribution in [3.63, 3.8) is 0 Å². The van der Waals surface area contributed by atoms with Crippen molar-refractivity contribution in [1.29, 1.82) is 0 Å². The SMILES string of the molecule is C[C@H](N)C(=O)N[C@@H](C)C(=O)Nc1cc(C(=O)OC2CCC3C4CCC5=CC(=O)C=CC5(C)C4C(O)CC23C)ccc1F. The van der Waals surface area contributed by atoms with E-state index in [1.54, 1.807) is 12.2 Å². The number of anilines is 1. The number of fused-ring (bicyclic) bond motifs is 5. The molecule has 5 N–H and O–H groups in total. The molecule has 9 atom stereocenters. The smallest absolute Gasteiger partial charge is 0.338 e. The van der Waals surface area contributed by atoms with Crippen LogP contribution in [0.4, 0.5) is 10.1 Å². The molecule has 0 saturated heterocycles. The van der Waals surface area contributed by atoms with E-state index in [9.17, 15) is 28.7 Å². The molecule has 7 unspecified atom stereocenters. The molecule has 3 saturated carbocycles. The first kappa shape index (κ1) is 30.1. The first-order valence-corrected chi connectivity index (χ1v) is 14.7. The summed E-state index contributed by atoms with van der Waals surface area (Å²) in [5.74, 6) is -2.12. The van der Waals surface area contributed by atoms with Crippen molar-refractivity contribution >= 4 is 29.3 Å². The number of carbonyl (C=O) groups excluding carboxylic acids is 4. The number of nitrogens with one attached hydrogen (secondary N) is 2. The third-order valence-electron chi connectivity index (χ3n) is 10.3. The second-order valence-corrected chi connectivity index (χ2v) is 13.0. The van der Waals surface area contributed by atoms with Crippen LogP contribution in [0.2, 0.25) is 0 Å². The number of halogens is 1. The number of aliphatic hydroxyl groups excluding tert-OH is 1. The Balaban J connectivity index is 1.29. The molecule has 4 aliphatic rings. The minimum absolute atomic E-state index is 0.00469. The van der Waals surface area contributed by atoms with Gasteiger partial charge in [0.2, 0.25) is 11.8 Å². The minimum Gasteiger partial charge on any atom is -0.458 e. The van der Waals surface area contributed by atoms with Gasteiger partial charge in [0.25, 0.3) is 0 Å². The van der Waals surface area contributed by atoms with Crippen molar-refractivity contribution in [3.8, 4) is 0 Å². The van der Waals surface area contributed by atoms with Gasteiger partial charge in [-0.1, -0.05) is 25.5 Å². The Labute approximate surface area is 245 Å². The summed E-state index contributed by atoms with van der Waals surface area (Å²) >= 11 is 0. The van der Waals surface area contributed by atoms with Gasteiger partial charge in [-0.25, -0.2) is 9.18 Å². The lowest BCUT2D eigenvalue weighted by molar-refractivity contribution is -0.131. The standard InChI is InChI=1S/C32H40FN3O6/c1-16(34)28(39)35-17(2)29(40)36-24-13-18(5-9-23(24)33)30(41)42-26-10-8-22-21-7-6-19-14-20(37)11-12-31(19,3)27(21)25(38)15-32(22,26)4/h5,9,11-14,16-17,21-22,25-27,38H,6-8,10,15,34H2,1-4H3,(H,35,39)(H,36,40)/t16-,17-,21?,22?,25?,26?,27?,31?,32?/m0/s1. The van der Waals surface area contributed by atoms with Gasteiger partial charge >= 0.3 is 5.97 Å². The van der Waals surface area contributed by atoms with Crippen LogP contribution < -0.4 is 16.4 Å². The largest absolute Gasteiger partial charge is 0.458 e. The zero-order chi connectivity index (χ0) is 30.6. The van der Waals surface area contributed by atoms with E-state index in [0.29, 0.717) is 12.8 Å². The van der Waals surface area contributed by atoms with Crippen LogP contribution >= 0.6 is 0 Å². The second-order valence-electron chi connectivity index (χ2n) is 13.0. The third kappa shape index (κ3) is 5.19. The van der Waals surface area contributed by atoms with Crippen LogP contribution in [0.25, 0.3) is 0 Å². The fraction of sp³-hybridized carbons (Fsp3) is 0.562. The molecule has 226 valence electrons. The van der Waals surface area contributed by atoms with Crippen LogP contribution in [0.3, 0.4) is 0 Å². The van der Waals surface area contributed by atoms with Crippen LogP contribution in [0.1, 0.15) is 70.2 Å². The summed E-state index contributed by atoms with van der Waals surface area (Å²) < 4.78 is 20.6. The Hall–Kier alpha value is -3.37. The Bertz CT molecular complexity index is 1370. The molecule has 1 aromatic rings. The fourth-order valence-corrected chi connectivity index (χ4v) is 8.07. The molecule has 5 rings (SSSR count). The maximum absolute atomic E-state index is 14.6. The molecule has 10 heteroatoms. The third-order valence-corrected chi connectivity index (χ3v) is 10.3. The van der Waals surface area contributed by atoms with Gasteiger partial charge in [-0.2, -0.15) is 0 Å². The highest BCUT2D eigenvalue weighted by molar-refractivity contribution is 6.01. The van der Waals surface area contributed by atoms with Gasteiger partial charge in [0.05, 0.1) is 23.4 Å². The van der Waals surface area contributed by atoms with E-state index in [-0.39, 0.29) is 40.2 Å². The van der Waals surface area contributed by atoms with Crippen molar-refractivity contribution in [1.82, 2.24) is 5.32 Å². The molecule has 1 aromatic carbocycles. The van der Waals surface area contributed by atoms with E-state index in [0.717, 1.165) is 30.9 Å². The van der Waals surface area contributed by atoms with Crippen LogP contribution in [-0.2, 0) is 19.1 Å². The van der Waals surface area contributed by atoms with Gasteiger partial charge in [0, 0.05) is 16.7 Å². The first-order valence-electron chi connectivity index (χ1n) is 14.7. The zero-order valence-corrected chi connectivity index (χ0v) is 24.5. The lowest BCUT2D eigenvalue weighted by Gasteiger charge is -2.58. The van der Waals surface area contributed by atoms with Crippen molar-refractivity contribution in [2.24, 2.45) is 34.3 Å². The van der Waals surface area contributed by atoms with E-state index >= 15 is 0 Å². The summed E-state index contributed by atoms with van der Waals surface area (Å²) in [6.45, 7) is 7.13. The summed E-state index contributed by atoms with van der Waals surface area (Å²) in [7, 11) is 0. The molecule has 0 radical (unpaired) electrons. The summed E-state index contributed by atoms with van der Waals surface area (Å²) in [5, 5.41) is 16.4. The summed E-state index contributed by atoms with van der Waals surface area (Å²) in [5.41, 5.74) is 5.68. The Morgan fingerprint density at radius 3 is 2.60 bits per heavy atom. The van der Waals surface area contributed by atoms with Crippen LogP contribution in [0, 0.1) is 34.4 Å². The number of esters is 1. The average Bonchev–Trinajstić information content (AvgIpc) is 3.24. The molecule has 42 heavy (non-hydrogen) atoms. The normalized spacial score (nSPS) is 34.7. The van der Waals surface area contributed by atoms with E-state index < -0.39 is 53.3 Å². The van der Waals surface area contributed by atoms with Crippen LogP contribution in [0.5, 0.6) is 0 Å². The fourth-order valence-electron chi connectivity index (χ4n) is 8.07. The summed E-state index contributed by atoms with van der Waals surface area (Å²) in [6, 6.07) is 1.83. The molecule has 3 fully saturated rings. The molecular formula is C32H40FN3O6. The topological polar surface area (TPSA) is 148 Å². The van der Waals surface area contributed by atoms with Gasteiger partial charge in [0.1, 0.15) is 18.0 Å². The highest BCUT2D eigenvalue weighted by atomic mass is 19.1. The Kier molecular flexibility index (Phi) is 7.91. The van der Waals surface area contributed by atoms with Crippen molar-refractivity contribution in [3.05, 3.63) is 53.4 Å².